The molecule has 2 aromatic heterocycles. The minimum absolute atomic E-state index is 0.0717. The highest BCUT2D eigenvalue weighted by Crippen LogP contribution is 2.34. The van der Waals surface area contributed by atoms with Gasteiger partial charge in [-0.05, 0) is 62.7 Å². The van der Waals surface area contributed by atoms with Crippen LogP contribution in [0.1, 0.15) is 18.4 Å². The molecule has 0 unspecified atom stereocenters. The Balaban J connectivity index is 1.43. The van der Waals surface area contributed by atoms with E-state index in [2.05, 4.69) is 21.9 Å². The minimum atomic E-state index is -0.0717. The van der Waals surface area contributed by atoms with E-state index in [1.807, 2.05) is 55.5 Å². The van der Waals surface area contributed by atoms with Crippen LogP contribution in [0.15, 0.2) is 60.9 Å². The number of methoxy groups -OCH3 is 1. The molecule has 0 atom stereocenters. The molecule has 0 saturated heterocycles. The second-order valence-electron chi connectivity index (χ2n) is 9.39. The van der Waals surface area contributed by atoms with Gasteiger partial charge in [0.2, 0.25) is 5.91 Å². The molecule has 9 heteroatoms. The Labute approximate surface area is 216 Å². The van der Waals surface area contributed by atoms with E-state index in [1.54, 1.807) is 29.8 Å². The number of benzene rings is 2. The number of hydrogen-bond acceptors (Lipinski definition) is 7. The zero-order chi connectivity index (χ0) is 26.1. The van der Waals surface area contributed by atoms with E-state index in [0.29, 0.717) is 28.6 Å². The maximum absolute atomic E-state index is 12.7. The molecule has 1 aliphatic rings. The number of rotatable bonds is 8. The topological polar surface area (TPSA) is 102 Å². The van der Waals surface area contributed by atoms with Crippen molar-refractivity contribution in [3.63, 3.8) is 0 Å². The molecule has 2 heterocycles. The molecule has 0 spiro atoms. The van der Waals surface area contributed by atoms with Crippen LogP contribution in [0, 0.1) is 6.92 Å². The minimum Gasteiger partial charge on any atom is -0.496 e. The number of nitrogen functional groups attached to an aromatic ring is 1. The van der Waals surface area contributed by atoms with Crippen LogP contribution in [0.25, 0.3) is 28.0 Å². The summed E-state index contributed by atoms with van der Waals surface area (Å²) in [4.78, 5) is 25.2. The summed E-state index contributed by atoms with van der Waals surface area (Å²) in [6.07, 6.45) is 7.48. The molecule has 37 heavy (non-hydrogen) atoms. The summed E-state index contributed by atoms with van der Waals surface area (Å²) >= 11 is 0. The van der Waals surface area contributed by atoms with Crippen LogP contribution in [0.4, 0.5) is 11.5 Å². The van der Waals surface area contributed by atoms with Crippen molar-refractivity contribution in [1.82, 2.24) is 24.6 Å². The van der Waals surface area contributed by atoms with Gasteiger partial charge in [0.15, 0.2) is 5.65 Å². The number of ether oxygens (including phenoxy) is 1. The molecule has 9 nitrogen and oxygen atoms in total. The first-order chi connectivity index (χ1) is 17.9. The molecule has 0 aliphatic heterocycles. The van der Waals surface area contributed by atoms with E-state index < -0.39 is 0 Å². The third-order valence-electron chi connectivity index (χ3n) is 6.81. The largest absolute Gasteiger partial charge is 0.496 e. The second-order valence-corrected chi connectivity index (χ2v) is 9.39. The van der Waals surface area contributed by atoms with Gasteiger partial charge < -0.3 is 15.4 Å². The number of likely N-dealkylation sites (N-methyl/N-ethyl adjacent to an activating group) is 2. The third kappa shape index (κ3) is 4.90. The Hall–Kier alpha value is -4.24. The molecular formula is C28H31N7O2. The Morgan fingerprint density at radius 2 is 1.92 bits per heavy atom. The van der Waals surface area contributed by atoms with Crippen molar-refractivity contribution >= 4 is 28.4 Å². The molecule has 2 aromatic carbocycles. The van der Waals surface area contributed by atoms with Crippen molar-refractivity contribution in [2.45, 2.75) is 25.8 Å². The number of nitrogens with two attached hydrogens (primary N) is 1. The summed E-state index contributed by atoms with van der Waals surface area (Å²) in [6, 6.07) is 14.2. The number of aromatic nitrogens is 4. The highest BCUT2D eigenvalue weighted by Gasteiger charge is 2.25. The van der Waals surface area contributed by atoms with Crippen molar-refractivity contribution in [3.8, 4) is 22.7 Å². The van der Waals surface area contributed by atoms with E-state index in [-0.39, 0.29) is 5.91 Å². The lowest BCUT2D eigenvalue weighted by Crippen LogP contribution is -2.25. The standard InChI is InChI=1S/C28H31N7O2/c1-18-7-8-19(16-23(18)37-4)26-25-27(29)30-17-31-28(25)35(32-26)22-13-11-21(12-14-22)34(3)24(36)6-5-15-33(2)20-9-10-20/h5-8,11-14,16-17,20H,9-10,15H2,1-4H3,(H2,29,30,31)/b6-5+. The van der Waals surface area contributed by atoms with E-state index >= 15 is 0 Å². The number of nitrogens with zero attached hydrogens (tertiary/aromatic N) is 6. The van der Waals surface area contributed by atoms with Crippen molar-refractivity contribution in [3.05, 3.63) is 66.5 Å². The van der Waals surface area contributed by atoms with Crippen LogP contribution in [0.3, 0.4) is 0 Å². The van der Waals surface area contributed by atoms with Crippen LogP contribution >= 0.6 is 0 Å². The van der Waals surface area contributed by atoms with Gasteiger partial charge in [-0.3, -0.25) is 9.69 Å². The van der Waals surface area contributed by atoms with E-state index in [4.69, 9.17) is 15.6 Å². The summed E-state index contributed by atoms with van der Waals surface area (Å²) in [6.45, 7) is 2.76. The zero-order valence-corrected chi connectivity index (χ0v) is 21.5. The fraction of sp³-hybridized carbons (Fsp3) is 0.286. The molecule has 1 amide bonds. The van der Waals surface area contributed by atoms with Crippen molar-refractivity contribution < 1.29 is 9.53 Å². The quantitative estimate of drug-likeness (QED) is 0.367. The summed E-state index contributed by atoms with van der Waals surface area (Å²) in [5.74, 6) is 1.05. The average Bonchev–Trinajstić information content (AvgIpc) is 3.69. The van der Waals surface area contributed by atoms with Gasteiger partial charge in [-0.15, -0.1) is 0 Å². The molecule has 1 saturated carbocycles. The third-order valence-corrected chi connectivity index (χ3v) is 6.81. The number of anilines is 2. The average molecular weight is 498 g/mol. The second kappa shape index (κ2) is 10.0. The smallest absolute Gasteiger partial charge is 0.250 e. The van der Waals surface area contributed by atoms with Crippen LogP contribution in [-0.2, 0) is 4.79 Å². The molecule has 1 fully saturated rings. The van der Waals surface area contributed by atoms with Crippen LogP contribution in [0.2, 0.25) is 0 Å². The molecule has 1 aliphatic carbocycles. The van der Waals surface area contributed by atoms with E-state index in [1.165, 1.54) is 19.2 Å². The van der Waals surface area contributed by atoms with Gasteiger partial charge in [-0.2, -0.15) is 5.10 Å². The highest BCUT2D eigenvalue weighted by molar-refractivity contribution is 6.01. The van der Waals surface area contributed by atoms with Crippen molar-refractivity contribution in [2.75, 3.05) is 38.4 Å². The maximum atomic E-state index is 12.7. The van der Waals surface area contributed by atoms with Gasteiger partial charge in [-0.25, -0.2) is 14.6 Å². The summed E-state index contributed by atoms with van der Waals surface area (Å²) in [7, 11) is 5.51. The monoisotopic (exact) mass is 497 g/mol. The normalized spacial score (nSPS) is 13.5. The van der Waals surface area contributed by atoms with Crippen LogP contribution in [-0.4, -0.2) is 64.3 Å². The fourth-order valence-electron chi connectivity index (χ4n) is 4.36. The lowest BCUT2D eigenvalue weighted by Gasteiger charge is -2.16. The Morgan fingerprint density at radius 1 is 1.16 bits per heavy atom. The lowest BCUT2D eigenvalue weighted by atomic mass is 10.1. The summed E-state index contributed by atoms with van der Waals surface area (Å²) in [5.41, 5.74) is 11.0. The van der Waals surface area contributed by atoms with Gasteiger partial charge in [0, 0.05) is 37.0 Å². The molecule has 0 radical (unpaired) electrons. The van der Waals surface area contributed by atoms with E-state index in [9.17, 15) is 4.79 Å². The van der Waals surface area contributed by atoms with Gasteiger partial charge in [0.05, 0.1) is 18.2 Å². The van der Waals surface area contributed by atoms with Gasteiger partial charge in [-0.1, -0.05) is 18.2 Å². The Morgan fingerprint density at radius 3 is 2.62 bits per heavy atom. The van der Waals surface area contributed by atoms with Crippen molar-refractivity contribution in [2.24, 2.45) is 0 Å². The Bertz CT molecular complexity index is 1470. The first kappa shape index (κ1) is 24.5. The predicted octanol–water partition coefficient (Wildman–Crippen LogP) is 3.99. The SMILES string of the molecule is COc1cc(-c2nn(-c3ccc(N(C)C(=O)/C=C/CN(C)C4CC4)cc3)c3ncnc(N)c23)ccc1C. The first-order valence-electron chi connectivity index (χ1n) is 12.3. The summed E-state index contributed by atoms with van der Waals surface area (Å²) in [5, 5.41) is 5.54. The number of carbonyl (C=O) groups is 1. The zero-order valence-electron chi connectivity index (χ0n) is 21.5. The Kier molecular flexibility index (Phi) is 6.62. The molecular weight excluding hydrogens is 466 g/mol. The van der Waals surface area contributed by atoms with Gasteiger partial charge >= 0.3 is 0 Å². The fourth-order valence-corrected chi connectivity index (χ4v) is 4.36. The van der Waals surface area contributed by atoms with Crippen LogP contribution < -0.4 is 15.4 Å². The van der Waals surface area contributed by atoms with Gasteiger partial charge in [0.25, 0.3) is 0 Å². The highest BCUT2D eigenvalue weighted by atomic mass is 16.5. The van der Waals surface area contributed by atoms with Crippen molar-refractivity contribution in [1.29, 1.82) is 0 Å². The maximum Gasteiger partial charge on any atom is 0.250 e. The number of aryl methyl sites for hydroxylation is 1. The number of carbonyl (C=O) groups excluding carboxylic acids is 1. The molecule has 190 valence electrons. The van der Waals surface area contributed by atoms with Crippen LogP contribution in [0.5, 0.6) is 5.75 Å². The number of hydrogen-bond donors (Lipinski definition) is 1. The number of fused-ring (bicyclic) bond motifs is 1. The molecule has 2 N–H and O–H groups in total. The first-order valence-corrected chi connectivity index (χ1v) is 12.3. The summed E-state index contributed by atoms with van der Waals surface area (Å²) < 4.78 is 7.25. The predicted molar refractivity (Wildman–Crippen MR) is 146 cm³/mol. The van der Waals surface area contributed by atoms with Gasteiger partial charge in [0.1, 0.15) is 23.6 Å². The molecule has 4 aromatic rings. The lowest BCUT2D eigenvalue weighted by molar-refractivity contribution is -0.113. The molecule has 0 bridgehead atoms. The number of amides is 1. The van der Waals surface area contributed by atoms with E-state index in [0.717, 1.165) is 34.8 Å². The molecule has 5 rings (SSSR count).